The van der Waals surface area contributed by atoms with Gasteiger partial charge in [-0.2, -0.15) is 0 Å². The third-order valence-electron chi connectivity index (χ3n) is 2.02. The van der Waals surface area contributed by atoms with E-state index in [2.05, 4.69) is 11.9 Å². The van der Waals surface area contributed by atoms with Crippen molar-refractivity contribution in [3.05, 3.63) is 41.5 Å². The van der Waals surface area contributed by atoms with E-state index in [0.717, 1.165) is 0 Å². The molecule has 1 aliphatic heterocycles. The zero-order valence-electron chi connectivity index (χ0n) is 6.83. The number of benzene rings is 1. The van der Waals surface area contributed by atoms with Crippen LogP contribution in [-0.2, 0) is 0 Å². The van der Waals surface area contributed by atoms with E-state index in [9.17, 15) is 9.59 Å². The lowest BCUT2D eigenvalue weighted by Gasteiger charge is -1.97. The Morgan fingerprint density at radius 3 is 2.69 bits per heavy atom. The van der Waals surface area contributed by atoms with Crippen LogP contribution in [0.15, 0.2) is 24.8 Å². The van der Waals surface area contributed by atoms with Crippen LogP contribution < -0.4 is 5.32 Å². The van der Waals surface area contributed by atoms with Gasteiger partial charge in [0.1, 0.15) is 0 Å². The summed E-state index contributed by atoms with van der Waals surface area (Å²) in [4.78, 5) is 22.5. The van der Waals surface area contributed by atoms with Crippen molar-refractivity contribution >= 4 is 17.9 Å². The third kappa shape index (κ3) is 0.973. The maximum atomic E-state index is 11.3. The Kier molecular flexibility index (Phi) is 1.52. The van der Waals surface area contributed by atoms with Gasteiger partial charge in [-0.25, -0.2) is 0 Å². The zero-order chi connectivity index (χ0) is 9.42. The molecule has 0 bridgehead atoms. The highest BCUT2D eigenvalue weighted by molar-refractivity contribution is 6.22. The molecule has 0 saturated carbocycles. The van der Waals surface area contributed by atoms with Gasteiger partial charge in [0.25, 0.3) is 11.8 Å². The molecule has 3 nitrogen and oxygen atoms in total. The number of hydrogen-bond acceptors (Lipinski definition) is 2. The van der Waals surface area contributed by atoms with Crippen molar-refractivity contribution in [1.82, 2.24) is 5.32 Å². The number of nitrogens with one attached hydrogen (secondary N) is 1. The molecule has 0 aliphatic carbocycles. The Morgan fingerprint density at radius 2 is 2.00 bits per heavy atom. The van der Waals surface area contributed by atoms with Crippen LogP contribution in [0.2, 0.25) is 0 Å². The van der Waals surface area contributed by atoms with Crippen LogP contribution in [0.5, 0.6) is 0 Å². The van der Waals surface area contributed by atoms with Crippen LogP contribution in [0.25, 0.3) is 6.08 Å². The van der Waals surface area contributed by atoms with Gasteiger partial charge in [0, 0.05) is 0 Å². The number of fused-ring (bicyclic) bond motifs is 1. The molecule has 1 aromatic carbocycles. The van der Waals surface area contributed by atoms with E-state index in [-0.39, 0.29) is 11.8 Å². The molecule has 0 spiro atoms. The average Bonchev–Trinajstić information content (AvgIpc) is 2.43. The lowest BCUT2D eigenvalue weighted by Crippen LogP contribution is -2.20. The number of amides is 2. The van der Waals surface area contributed by atoms with E-state index >= 15 is 0 Å². The number of hydrogen-bond donors (Lipinski definition) is 1. The molecule has 0 radical (unpaired) electrons. The van der Waals surface area contributed by atoms with Gasteiger partial charge in [0.15, 0.2) is 0 Å². The second-order valence-corrected chi connectivity index (χ2v) is 2.76. The fourth-order valence-corrected chi connectivity index (χ4v) is 1.42. The lowest BCUT2D eigenvalue weighted by molar-refractivity contribution is 0.0879. The Bertz CT molecular complexity index is 421. The molecule has 3 heteroatoms. The monoisotopic (exact) mass is 173 g/mol. The highest BCUT2D eigenvalue weighted by Crippen LogP contribution is 2.20. The summed E-state index contributed by atoms with van der Waals surface area (Å²) in [7, 11) is 0. The quantitative estimate of drug-likeness (QED) is 0.649. The van der Waals surface area contributed by atoms with Gasteiger partial charge < -0.3 is 0 Å². The molecule has 0 aromatic heterocycles. The summed E-state index contributed by atoms with van der Waals surface area (Å²) >= 11 is 0. The molecule has 0 unspecified atom stereocenters. The van der Waals surface area contributed by atoms with Gasteiger partial charge in [-0.3, -0.25) is 14.9 Å². The van der Waals surface area contributed by atoms with Crippen LogP contribution in [0.1, 0.15) is 26.3 Å². The number of rotatable bonds is 1. The third-order valence-corrected chi connectivity index (χ3v) is 2.02. The molecule has 2 amide bonds. The first kappa shape index (κ1) is 7.73. The van der Waals surface area contributed by atoms with Gasteiger partial charge in [0.05, 0.1) is 11.1 Å². The molecule has 0 saturated heterocycles. The van der Waals surface area contributed by atoms with Crippen molar-refractivity contribution in [2.45, 2.75) is 0 Å². The SMILES string of the molecule is C=Cc1cccc2c1C(=O)NC2=O. The summed E-state index contributed by atoms with van der Waals surface area (Å²) in [5.74, 6) is -0.667. The second-order valence-electron chi connectivity index (χ2n) is 2.76. The van der Waals surface area contributed by atoms with Crippen molar-refractivity contribution in [3.63, 3.8) is 0 Å². The fourth-order valence-electron chi connectivity index (χ4n) is 1.42. The van der Waals surface area contributed by atoms with Crippen LogP contribution in [0.3, 0.4) is 0 Å². The Balaban J connectivity index is 2.75. The summed E-state index contributed by atoms with van der Waals surface area (Å²) in [5, 5.41) is 2.23. The summed E-state index contributed by atoms with van der Waals surface area (Å²) < 4.78 is 0. The largest absolute Gasteiger partial charge is 0.288 e. The molecule has 1 heterocycles. The first-order valence-corrected chi connectivity index (χ1v) is 3.85. The van der Waals surface area contributed by atoms with Gasteiger partial charge in [0.2, 0.25) is 0 Å². The summed E-state index contributed by atoms with van der Waals surface area (Å²) in [5.41, 5.74) is 1.56. The van der Waals surface area contributed by atoms with E-state index in [1.807, 2.05) is 0 Å². The van der Waals surface area contributed by atoms with E-state index in [4.69, 9.17) is 0 Å². The Labute approximate surface area is 75.1 Å². The highest BCUT2D eigenvalue weighted by Gasteiger charge is 2.27. The molecule has 64 valence electrons. The smallest absolute Gasteiger partial charge is 0.259 e. The molecule has 1 N–H and O–H groups in total. The second kappa shape index (κ2) is 2.55. The van der Waals surface area contributed by atoms with Gasteiger partial charge in [-0.1, -0.05) is 24.8 Å². The number of carbonyl (C=O) groups excluding carboxylic acids is 2. The highest BCUT2D eigenvalue weighted by atomic mass is 16.2. The molecule has 2 rings (SSSR count). The predicted octanol–water partition coefficient (Wildman–Crippen LogP) is 1.21. The Morgan fingerprint density at radius 1 is 1.23 bits per heavy atom. The summed E-state index contributed by atoms with van der Waals surface area (Å²) in [6, 6.07) is 5.11. The van der Waals surface area contributed by atoms with Gasteiger partial charge in [-0.05, 0) is 11.6 Å². The molecule has 1 aliphatic rings. The van der Waals surface area contributed by atoms with Crippen molar-refractivity contribution in [2.75, 3.05) is 0 Å². The van der Waals surface area contributed by atoms with Crippen LogP contribution in [0, 0.1) is 0 Å². The molecule has 1 aromatic rings. The van der Waals surface area contributed by atoms with Crippen LogP contribution in [-0.4, -0.2) is 11.8 Å². The van der Waals surface area contributed by atoms with Crippen molar-refractivity contribution in [3.8, 4) is 0 Å². The van der Waals surface area contributed by atoms with E-state index in [0.29, 0.717) is 16.7 Å². The minimum atomic E-state index is -0.337. The van der Waals surface area contributed by atoms with Crippen LogP contribution in [0.4, 0.5) is 0 Å². The molecular weight excluding hydrogens is 166 g/mol. The lowest BCUT2D eigenvalue weighted by atomic mass is 10.0. The van der Waals surface area contributed by atoms with Crippen molar-refractivity contribution in [2.24, 2.45) is 0 Å². The summed E-state index contributed by atoms with van der Waals surface area (Å²) in [6.45, 7) is 3.58. The minimum Gasteiger partial charge on any atom is -0.288 e. The van der Waals surface area contributed by atoms with Gasteiger partial charge >= 0.3 is 0 Å². The first-order chi connectivity index (χ1) is 6.24. The van der Waals surface area contributed by atoms with Gasteiger partial charge in [-0.15, -0.1) is 0 Å². The van der Waals surface area contributed by atoms with E-state index < -0.39 is 0 Å². The van der Waals surface area contributed by atoms with Crippen molar-refractivity contribution in [1.29, 1.82) is 0 Å². The van der Waals surface area contributed by atoms with E-state index in [1.165, 1.54) is 0 Å². The predicted molar refractivity (Wildman–Crippen MR) is 48.3 cm³/mol. The number of imide groups is 1. The van der Waals surface area contributed by atoms with Crippen molar-refractivity contribution < 1.29 is 9.59 Å². The minimum absolute atomic E-state index is 0.330. The maximum absolute atomic E-state index is 11.3. The Hall–Kier alpha value is -1.90. The van der Waals surface area contributed by atoms with E-state index in [1.54, 1.807) is 24.3 Å². The number of carbonyl (C=O) groups is 2. The van der Waals surface area contributed by atoms with Crippen LogP contribution >= 0.6 is 0 Å². The first-order valence-electron chi connectivity index (χ1n) is 3.85. The topological polar surface area (TPSA) is 46.2 Å². The average molecular weight is 173 g/mol. The maximum Gasteiger partial charge on any atom is 0.259 e. The normalized spacial score (nSPS) is 13.8. The summed E-state index contributed by atoms with van der Waals surface area (Å²) in [6.07, 6.45) is 1.57. The zero-order valence-corrected chi connectivity index (χ0v) is 6.83. The molecular formula is C10H7NO2. The molecule has 0 atom stereocenters. The fraction of sp³-hybridized carbons (Fsp3) is 0. The standard InChI is InChI=1S/C10H7NO2/c1-2-6-4-3-5-7-8(6)10(13)11-9(7)12/h2-5H,1H2,(H,11,12,13). The molecule has 13 heavy (non-hydrogen) atoms. The molecule has 0 fully saturated rings.